The van der Waals surface area contributed by atoms with E-state index in [1.54, 1.807) is 12.1 Å². The van der Waals surface area contributed by atoms with E-state index in [0.717, 1.165) is 51.6 Å². The number of nitrogens with zero attached hydrogens (tertiary/aromatic N) is 2. The van der Waals surface area contributed by atoms with Crippen molar-refractivity contribution in [1.29, 1.82) is 0 Å². The van der Waals surface area contributed by atoms with Crippen LogP contribution in [0.15, 0.2) is 29.1 Å². The second-order valence-corrected chi connectivity index (χ2v) is 9.38. The number of anilines is 1. The molecule has 2 fully saturated rings. The number of hydrogen-bond donors (Lipinski definition) is 1. The van der Waals surface area contributed by atoms with Crippen LogP contribution in [0.1, 0.15) is 64.9 Å². The lowest BCUT2D eigenvalue weighted by Gasteiger charge is -2.31. The Bertz CT molecular complexity index is 1060. The van der Waals surface area contributed by atoms with E-state index >= 15 is 0 Å². The molecule has 0 aliphatic carbocycles. The summed E-state index contributed by atoms with van der Waals surface area (Å²) in [6.07, 6.45) is 1.55. The minimum absolute atomic E-state index is 0. The highest BCUT2D eigenvalue weighted by molar-refractivity contribution is 5.86. The first-order chi connectivity index (χ1) is 16.2. The summed E-state index contributed by atoms with van der Waals surface area (Å²) >= 11 is 0. The first-order valence-corrected chi connectivity index (χ1v) is 12.1. The van der Waals surface area contributed by atoms with Crippen molar-refractivity contribution in [2.45, 2.75) is 77.6 Å². The Labute approximate surface area is 204 Å². The number of hydrogen-bond acceptors (Lipinski definition) is 4. The SMILES string of the molecule is C.C[C@@H]1CC[C@H](COCCCCC(=O)N2CCCC2)N1c1ccc2[nH]c(=O)cc(C(F)(F)F)c2c1. The summed E-state index contributed by atoms with van der Waals surface area (Å²) in [5.74, 6) is 0.226. The quantitative estimate of drug-likeness (QED) is 0.502. The molecule has 1 aromatic carbocycles. The first-order valence-electron chi connectivity index (χ1n) is 12.1. The van der Waals surface area contributed by atoms with E-state index in [1.165, 1.54) is 6.07 Å². The van der Waals surface area contributed by atoms with Gasteiger partial charge in [-0.3, -0.25) is 9.59 Å². The predicted octanol–water partition coefficient (Wildman–Crippen LogP) is 5.35. The smallest absolute Gasteiger partial charge is 0.379 e. The van der Waals surface area contributed by atoms with Gasteiger partial charge in [0.15, 0.2) is 0 Å². The van der Waals surface area contributed by atoms with Crippen LogP contribution in [-0.4, -0.2) is 54.2 Å². The topological polar surface area (TPSA) is 65.6 Å². The maximum atomic E-state index is 13.6. The zero-order chi connectivity index (χ0) is 24.3. The molecule has 1 aromatic heterocycles. The molecule has 1 N–H and O–H groups in total. The largest absolute Gasteiger partial charge is 0.417 e. The number of carbonyl (C=O) groups excluding carboxylic acids is 1. The molecule has 2 aromatic rings. The number of amides is 1. The fourth-order valence-corrected chi connectivity index (χ4v) is 5.16. The van der Waals surface area contributed by atoms with E-state index in [-0.39, 0.29) is 36.3 Å². The molecule has 35 heavy (non-hydrogen) atoms. The highest BCUT2D eigenvalue weighted by Gasteiger charge is 2.35. The summed E-state index contributed by atoms with van der Waals surface area (Å²) in [6, 6.07) is 5.68. The number of H-pyrrole nitrogens is 1. The normalized spacial score (nSPS) is 20.5. The molecule has 0 bridgehead atoms. The van der Waals surface area contributed by atoms with Crippen molar-refractivity contribution in [1.82, 2.24) is 9.88 Å². The molecule has 0 spiro atoms. The molecule has 6 nitrogen and oxygen atoms in total. The van der Waals surface area contributed by atoms with E-state index in [2.05, 4.69) is 16.8 Å². The molecule has 1 amide bonds. The Balaban J connectivity index is 0.00000342. The molecule has 0 radical (unpaired) electrons. The third-order valence-corrected chi connectivity index (χ3v) is 6.91. The molecule has 194 valence electrons. The molecule has 0 saturated carbocycles. The number of aromatic nitrogens is 1. The van der Waals surface area contributed by atoms with Gasteiger partial charge in [-0.25, -0.2) is 0 Å². The summed E-state index contributed by atoms with van der Waals surface area (Å²) in [7, 11) is 0. The molecular weight excluding hydrogens is 459 g/mol. The standard InChI is InChI=1S/C25H32F3N3O3.CH4/c1-17-7-8-19(16-34-13-5-2-6-24(33)30-11-3-4-12-30)31(17)18-9-10-22-20(14-18)21(25(26,27)28)15-23(32)29-22;/h9-10,14-15,17,19H,2-8,11-13,16H2,1H3,(H,29,32);1H4/t17-,19-;/m1./s1. The third-order valence-electron chi connectivity index (χ3n) is 6.91. The van der Waals surface area contributed by atoms with Crippen LogP contribution in [-0.2, 0) is 15.7 Å². The maximum Gasteiger partial charge on any atom is 0.417 e. The van der Waals surface area contributed by atoms with Crippen LogP contribution in [0.3, 0.4) is 0 Å². The van der Waals surface area contributed by atoms with Gasteiger partial charge in [-0.05, 0) is 63.6 Å². The zero-order valence-corrected chi connectivity index (χ0v) is 19.5. The minimum Gasteiger partial charge on any atom is -0.379 e. The average molecular weight is 496 g/mol. The number of alkyl halides is 3. The second kappa shape index (κ2) is 11.5. The van der Waals surface area contributed by atoms with Gasteiger partial charge in [0.1, 0.15) is 0 Å². The molecule has 2 aliphatic rings. The zero-order valence-electron chi connectivity index (χ0n) is 19.5. The van der Waals surface area contributed by atoms with Crippen molar-refractivity contribution in [3.8, 4) is 0 Å². The number of nitrogens with one attached hydrogen (secondary N) is 1. The molecule has 3 heterocycles. The summed E-state index contributed by atoms with van der Waals surface area (Å²) in [6.45, 7) is 4.86. The maximum absolute atomic E-state index is 13.6. The summed E-state index contributed by atoms with van der Waals surface area (Å²) in [4.78, 5) is 30.4. The van der Waals surface area contributed by atoms with Crippen LogP contribution >= 0.6 is 0 Å². The summed E-state index contributed by atoms with van der Waals surface area (Å²) in [5, 5.41) is -0.00830. The van der Waals surface area contributed by atoms with Crippen LogP contribution in [0.4, 0.5) is 18.9 Å². The van der Waals surface area contributed by atoms with Gasteiger partial charge in [0.25, 0.3) is 0 Å². The molecule has 9 heteroatoms. The van der Waals surface area contributed by atoms with Gasteiger partial charge in [-0.2, -0.15) is 13.2 Å². The number of aromatic amines is 1. The lowest BCUT2D eigenvalue weighted by atomic mass is 10.1. The van der Waals surface area contributed by atoms with Crippen molar-refractivity contribution in [3.05, 3.63) is 40.2 Å². The van der Waals surface area contributed by atoms with E-state index in [9.17, 15) is 22.8 Å². The molecular formula is C26H36F3N3O3. The van der Waals surface area contributed by atoms with Crippen LogP contribution in [0.5, 0.6) is 0 Å². The number of fused-ring (bicyclic) bond motifs is 1. The molecule has 4 rings (SSSR count). The van der Waals surface area contributed by atoms with Gasteiger partial charge in [0, 0.05) is 54.8 Å². The third kappa shape index (κ3) is 6.37. The van der Waals surface area contributed by atoms with E-state index in [0.29, 0.717) is 31.4 Å². The molecule has 2 aliphatic heterocycles. The Morgan fingerprint density at radius 3 is 2.60 bits per heavy atom. The fraction of sp³-hybridized carbons (Fsp3) is 0.615. The van der Waals surface area contributed by atoms with Crippen molar-refractivity contribution in [3.63, 3.8) is 0 Å². The van der Waals surface area contributed by atoms with Crippen molar-refractivity contribution < 1.29 is 22.7 Å². The van der Waals surface area contributed by atoms with Crippen LogP contribution < -0.4 is 10.5 Å². The number of halogens is 3. The Hall–Kier alpha value is -2.55. The predicted molar refractivity (Wildman–Crippen MR) is 132 cm³/mol. The van der Waals surface area contributed by atoms with Crippen LogP contribution in [0, 0.1) is 0 Å². The van der Waals surface area contributed by atoms with E-state index in [1.807, 2.05) is 4.90 Å². The number of ether oxygens (including phenoxy) is 1. The lowest BCUT2D eigenvalue weighted by Crippen LogP contribution is -2.37. The van der Waals surface area contributed by atoms with Crippen molar-refractivity contribution in [2.75, 3.05) is 31.2 Å². The number of unbranched alkanes of at least 4 members (excludes halogenated alkanes) is 1. The van der Waals surface area contributed by atoms with Gasteiger partial charge in [0.05, 0.1) is 18.2 Å². The Morgan fingerprint density at radius 2 is 1.89 bits per heavy atom. The monoisotopic (exact) mass is 495 g/mol. The van der Waals surface area contributed by atoms with Gasteiger partial charge in [0.2, 0.25) is 11.5 Å². The molecule has 2 saturated heterocycles. The van der Waals surface area contributed by atoms with Crippen LogP contribution in [0.25, 0.3) is 10.9 Å². The number of rotatable bonds is 8. The number of benzene rings is 1. The average Bonchev–Trinajstić information content (AvgIpc) is 3.45. The highest BCUT2D eigenvalue weighted by atomic mass is 19.4. The number of carbonyl (C=O) groups is 1. The molecule has 0 unspecified atom stereocenters. The van der Waals surface area contributed by atoms with Gasteiger partial charge in [-0.1, -0.05) is 7.43 Å². The van der Waals surface area contributed by atoms with E-state index < -0.39 is 17.3 Å². The summed E-state index contributed by atoms with van der Waals surface area (Å²) in [5.41, 5.74) is -0.821. The number of likely N-dealkylation sites (tertiary alicyclic amines) is 1. The van der Waals surface area contributed by atoms with Gasteiger partial charge in [-0.15, -0.1) is 0 Å². The summed E-state index contributed by atoms with van der Waals surface area (Å²) < 4.78 is 46.6. The van der Waals surface area contributed by atoms with Gasteiger partial charge < -0.3 is 19.5 Å². The Morgan fingerprint density at radius 1 is 1.14 bits per heavy atom. The minimum atomic E-state index is -4.61. The van der Waals surface area contributed by atoms with E-state index in [4.69, 9.17) is 4.74 Å². The second-order valence-electron chi connectivity index (χ2n) is 9.38. The highest BCUT2D eigenvalue weighted by Crippen LogP contribution is 2.37. The first kappa shape index (κ1) is 27.0. The molecule has 2 atom stereocenters. The van der Waals surface area contributed by atoms with Crippen LogP contribution in [0.2, 0.25) is 0 Å². The Kier molecular flexibility index (Phi) is 8.85. The lowest BCUT2D eigenvalue weighted by molar-refractivity contribution is -0.136. The van der Waals surface area contributed by atoms with Crippen molar-refractivity contribution in [2.24, 2.45) is 0 Å². The fourth-order valence-electron chi connectivity index (χ4n) is 5.16. The number of pyridine rings is 1. The van der Waals surface area contributed by atoms with Gasteiger partial charge >= 0.3 is 6.18 Å². The van der Waals surface area contributed by atoms with Crippen molar-refractivity contribution >= 4 is 22.5 Å².